The molecule has 0 aliphatic carbocycles. The third-order valence-corrected chi connectivity index (χ3v) is 4.05. The summed E-state index contributed by atoms with van der Waals surface area (Å²) in [6.07, 6.45) is 1.40. The second-order valence-corrected chi connectivity index (χ2v) is 6.18. The van der Waals surface area contributed by atoms with E-state index >= 15 is 0 Å². The highest BCUT2D eigenvalue weighted by molar-refractivity contribution is 5.86. The molecular weight excluding hydrogens is 372 g/mol. The lowest BCUT2D eigenvalue weighted by molar-refractivity contribution is -0.155. The number of rotatable bonds is 7. The molecule has 1 amide bonds. The van der Waals surface area contributed by atoms with Crippen molar-refractivity contribution in [1.82, 2.24) is 19.5 Å². The summed E-state index contributed by atoms with van der Waals surface area (Å²) in [5.74, 6) is -1.10. The molecule has 0 aromatic carbocycles. The van der Waals surface area contributed by atoms with E-state index in [2.05, 4.69) is 20.3 Å². The fourth-order valence-corrected chi connectivity index (χ4v) is 2.92. The molecular formula is C16H20N6O6. The number of carbonyl (C=O) groups excluding carboxylic acids is 3. The van der Waals surface area contributed by atoms with Gasteiger partial charge < -0.3 is 25.3 Å². The lowest BCUT2D eigenvalue weighted by Gasteiger charge is -2.17. The number of amides is 1. The number of hydrogen-bond acceptors (Lipinski definition) is 10. The number of nitrogens with zero attached hydrogens (tertiary/aromatic N) is 4. The normalized spacial score (nSPS) is 21.4. The number of imidazole rings is 1. The molecule has 2 aromatic rings. The molecule has 3 heterocycles. The summed E-state index contributed by atoms with van der Waals surface area (Å²) in [7, 11) is 0. The van der Waals surface area contributed by atoms with Gasteiger partial charge in [0.25, 0.3) is 0 Å². The molecule has 0 unspecified atom stereocenters. The van der Waals surface area contributed by atoms with E-state index in [4.69, 9.17) is 19.9 Å². The molecule has 0 saturated carbocycles. The van der Waals surface area contributed by atoms with Gasteiger partial charge in [-0.25, -0.2) is 15.0 Å². The second-order valence-electron chi connectivity index (χ2n) is 6.18. The average molecular weight is 392 g/mol. The van der Waals surface area contributed by atoms with Crippen molar-refractivity contribution in [3.63, 3.8) is 0 Å². The lowest BCUT2D eigenvalue weighted by Crippen LogP contribution is -2.31. The van der Waals surface area contributed by atoms with Crippen molar-refractivity contribution in [2.24, 2.45) is 5.73 Å². The first-order valence-electron chi connectivity index (χ1n) is 8.51. The van der Waals surface area contributed by atoms with Crippen LogP contribution in [0.15, 0.2) is 12.7 Å². The van der Waals surface area contributed by atoms with Crippen molar-refractivity contribution in [3.05, 3.63) is 12.7 Å². The lowest BCUT2D eigenvalue weighted by atomic mass is 10.2. The smallest absolute Gasteiger partial charge is 0.303 e. The fraction of sp³-hybridized carbons (Fsp3) is 0.500. The van der Waals surface area contributed by atoms with Gasteiger partial charge >= 0.3 is 11.9 Å². The van der Waals surface area contributed by atoms with Crippen LogP contribution in [0.3, 0.4) is 0 Å². The number of hydrogen-bond donors (Lipinski definition) is 2. The highest BCUT2D eigenvalue weighted by Gasteiger charge is 2.40. The number of esters is 2. The van der Waals surface area contributed by atoms with Crippen LogP contribution in [-0.2, 0) is 28.6 Å². The molecule has 28 heavy (non-hydrogen) atoms. The molecule has 12 nitrogen and oxygen atoms in total. The van der Waals surface area contributed by atoms with E-state index < -0.39 is 36.3 Å². The quantitative estimate of drug-likeness (QED) is 0.588. The van der Waals surface area contributed by atoms with E-state index in [1.807, 2.05) is 0 Å². The largest absolute Gasteiger partial charge is 0.463 e. The van der Waals surface area contributed by atoms with Crippen LogP contribution < -0.4 is 11.1 Å². The standard InChI is InChI=1S/C16H20N6O6/c1-8(23)26-5-11-10(27-9(2)24)3-13(28-11)22-7-21-14-15(18-4-12(17)25)19-6-20-16(14)22/h6-7,10-11,13H,3-5H2,1-2H3,(H2,17,25)(H,18,19,20)/t10-,11+,13+/m0/s1. The Kier molecular flexibility index (Phi) is 5.68. The molecule has 1 fully saturated rings. The summed E-state index contributed by atoms with van der Waals surface area (Å²) >= 11 is 0. The van der Waals surface area contributed by atoms with Gasteiger partial charge in [-0.15, -0.1) is 0 Å². The Labute approximate surface area is 159 Å². The SMILES string of the molecule is CC(=O)OC[C@H]1O[C@@H](n2cnc3c(NCC(N)=O)ncnc32)C[C@@H]1OC(C)=O. The highest BCUT2D eigenvalue weighted by Crippen LogP contribution is 2.33. The number of ether oxygens (including phenoxy) is 3. The van der Waals surface area contributed by atoms with E-state index in [9.17, 15) is 14.4 Å². The van der Waals surface area contributed by atoms with Crippen LogP contribution in [0.25, 0.3) is 11.2 Å². The first kappa shape index (κ1) is 19.5. The number of nitrogens with two attached hydrogens (primary N) is 1. The summed E-state index contributed by atoms with van der Waals surface area (Å²) in [4.78, 5) is 46.0. The first-order valence-corrected chi connectivity index (χ1v) is 8.51. The maximum Gasteiger partial charge on any atom is 0.303 e. The van der Waals surface area contributed by atoms with E-state index in [0.29, 0.717) is 23.4 Å². The van der Waals surface area contributed by atoms with E-state index in [1.54, 1.807) is 4.57 Å². The first-order chi connectivity index (χ1) is 13.3. The fourth-order valence-electron chi connectivity index (χ4n) is 2.92. The Morgan fingerprint density at radius 2 is 2.07 bits per heavy atom. The zero-order valence-corrected chi connectivity index (χ0v) is 15.3. The summed E-state index contributed by atoms with van der Waals surface area (Å²) in [6.45, 7) is 2.44. The molecule has 0 bridgehead atoms. The molecule has 3 N–H and O–H groups in total. The Morgan fingerprint density at radius 3 is 2.75 bits per heavy atom. The molecule has 1 saturated heterocycles. The number of anilines is 1. The number of nitrogens with one attached hydrogen (secondary N) is 1. The van der Waals surface area contributed by atoms with Crippen LogP contribution in [0.5, 0.6) is 0 Å². The van der Waals surface area contributed by atoms with Gasteiger partial charge in [0.05, 0.1) is 12.9 Å². The number of primary amides is 1. The van der Waals surface area contributed by atoms with Gasteiger partial charge in [0.1, 0.15) is 31.4 Å². The van der Waals surface area contributed by atoms with Crippen LogP contribution in [0.2, 0.25) is 0 Å². The van der Waals surface area contributed by atoms with Gasteiger partial charge in [-0.1, -0.05) is 0 Å². The van der Waals surface area contributed by atoms with Crippen molar-refractivity contribution in [1.29, 1.82) is 0 Å². The minimum atomic E-state index is -0.621. The van der Waals surface area contributed by atoms with Gasteiger partial charge in [-0.3, -0.25) is 19.0 Å². The summed E-state index contributed by atoms with van der Waals surface area (Å²) in [5.41, 5.74) is 6.03. The molecule has 1 aliphatic rings. The number of carbonyl (C=O) groups is 3. The van der Waals surface area contributed by atoms with Gasteiger partial charge in [0.15, 0.2) is 17.0 Å². The van der Waals surface area contributed by atoms with Crippen molar-refractivity contribution in [3.8, 4) is 0 Å². The Morgan fingerprint density at radius 1 is 1.29 bits per heavy atom. The molecule has 12 heteroatoms. The van der Waals surface area contributed by atoms with Crippen LogP contribution in [0.1, 0.15) is 26.5 Å². The third kappa shape index (κ3) is 4.34. The van der Waals surface area contributed by atoms with Gasteiger partial charge in [-0.2, -0.15) is 0 Å². The van der Waals surface area contributed by atoms with Crippen LogP contribution in [-0.4, -0.2) is 62.7 Å². The van der Waals surface area contributed by atoms with Gasteiger partial charge in [-0.05, 0) is 0 Å². The van der Waals surface area contributed by atoms with Crippen molar-refractivity contribution >= 4 is 34.8 Å². The topological polar surface area (TPSA) is 161 Å². The van der Waals surface area contributed by atoms with E-state index in [1.165, 1.54) is 26.5 Å². The molecule has 3 rings (SSSR count). The molecule has 0 radical (unpaired) electrons. The van der Waals surface area contributed by atoms with Gasteiger partial charge in [0.2, 0.25) is 5.91 Å². The predicted molar refractivity (Wildman–Crippen MR) is 93.7 cm³/mol. The van der Waals surface area contributed by atoms with Crippen LogP contribution in [0.4, 0.5) is 5.82 Å². The summed E-state index contributed by atoms with van der Waals surface area (Å²) in [6, 6.07) is 0. The van der Waals surface area contributed by atoms with Crippen molar-refractivity contribution in [2.75, 3.05) is 18.5 Å². The summed E-state index contributed by atoms with van der Waals surface area (Å²) < 4.78 is 17.9. The monoisotopic (exact) mass is 392 g/mol. The Bertz CT molecular complexity index is 899. The van der Waals surface area contributed by atoms with E-state index in [0.717, 1.165) is 0 Å². The summed E-state index contributed by atoms with van der Waals surface area (Å²) in [5, 5.41) is 2.80. The number of fused-ring (bicyclic) bond motifs is 1. The van der Waals surface area contributed by atoms with Crippen LogP contribution in [0, 0.1) is 0 Å². The zero-order chi connectivity index (χ0) is 20.3. The van der Waals surface area contributed by atoms with Crippen molar-refractivity contribution < 1.29 is 28.6 Å². The maximum absolute atomic E-state index is 11.4. The third-order valence-electron chi connectivity index (χ3n) is 4.05. The van der Waals surface area contributed by atoms with E-state index in [-0.39, 0.29) is 13.2 Å². The van der Waals surface area contributed by atoms with Crippen LogP contribution >= 0.6 is 0 Å². The molecule has 2 aromatic heterocycles. The second kappa shape index (κ2) is 8.17. The van der Waals surface area contributed by atoms with Gasteiger partial charge in [0, 0.05) is 20.3 Å². The Hall–Kier alpha value is -3.28. The zero-order valence-electron chi connectivity index (χ0n) is 15.3. The Balaban J connectivity index is 1.83. The minimum absolute atomic E-state index is 0.0448. The van der Waals surface area contributed by atoms with Crippen molar-refractivity contribution in [2.45, 2.75) is 38.7 Å². The molecule has 1 aliphatic heterocycles. The number of aromatic nitrogens is 4. The molecule has 3 atom stereocenters. The molecule has 0 spiro atoms. The highest BCUT2D eigenvalue weighted by atomic mass is 16.6. The average Bonchev–Trinajstić information content (AvgIpc) is 3.21. The molecule has 150 valence electrons. The predicted octanol–water partition coefficient (Wildman–Crippen LogP) is -0.494. The minimum Gasteiger partial charge on any atom is -0.463 e. The maximum atomic E-state index is 11.4.